The highest BCUT2D eigenvalue weighted by atomic mass is 16.5. The molecule has 0 spiro atoms. The van der Waals surface area contributed by atoms with Gasteiger partial charge in [0.15, 0.2) is 0 Å². The molecular weight excluding hydrogens is 358 g/mol. The van der Waals surface area contributed by atoms with Crippen LogP contribution in [0.4, 0.5) is 0 Å². The highest BCUT2D eigenvalue weighted by Crippen LogP contribution is 2.21. The first-order chi connectivity index (χ1) is 13.5. The molecule has 0 radical (unpaired) electrons. The fourth-order valence-electron chi connectivity index (χ4n) is 3.66. The van der Waals surface area contributed by atoms with Gasteiger partial charge in [0.1, 0.15) is 17.4 Å². The number of carbonyl (C=O) groups is 2. The van der Waals surface area contributed by atoms with E-state index in [0.29, 0.717) is 30.7 Å². The number of aryl methyl sites for hydroxylation is 3. The van der Waals surface area contributed by atoms with Gasteiger partial charge in [0.25, 0.3) is 5.91 Å². The lowest BCUT2D eigenvalue weighted by molar-refractivity contribution is -0.147. The summed E-state index contributed by atoms with van der Waals surface area (Å²) in [6, 6.07) is 11.0. The number of hydrogen-bond acceptors (Lipinski definition) is 5. The van der Waals surface area contributed by atoms with Crippen molar-refractivity contribution in [1.29, 1.82) is 0 Å². The average Bonchev–Trinajstić information content (AvgIpc) is 2.72. The predicted octanol–water partition coefficient (Wildman–Crippen LogP) is 2.90. The first kappa shape index (κ1) is 19.9. The van der Waals surface area contributed by atoms with Crippen molar-refractivity contribution in [1.82, 2.24) is 4.90 Å². The normalized spacial score (nSPS) is 16.6. The van der Waals surface area contributed by atoms with Crippen LogP contribution in [0, 0.1) is 6.92 Å². The zero-order valence-corrected chi connectivity index (χ0v) is 16.3. The molecule has 1 fully saturated rings. The van der Waals surface area contributed by atoms with Gasteiger partial charge in [0.05, 0.1) is 7.11 Å². The van der Waals surface area contributed by atoms with Gasteiger partial charge < -0.3 is 14.1 Å². The van der Waals surface area contributed by atoms with Crippen LogP contribution in [-0.4, -0.2) is 36.5 Å². The van der Waals surface area contributed by atoms with Crippen LogP contribution in [0.5, 0.6) is 0 Å². The third-order valence-corrected chi connectivity index (χ3v) is 5.15. The van der Waals surface area contributed by atoms with E-state index in [4.69, 9.17) is 9.15 Å². The second kappa shape index (κ2) is 8.87. The van der Waals surface area contributed by atoms with Gasteiger partial charge in [-0.25, -0.2) is 9.59 Å². The van der Waals surface area contributed by atoms with Gasteiger partial charge in [-0.3, -0.25) is 4.79 Å². The molecule has 0 bridgehead atoms. The first-order valence-corrected chi connectivity index (χ1v) is 9.57. The molecule has 3 rings (SSSR count). The molecule has 0 N–H and O–H groups in total. The van der Waals surface area contributed by atoms with Crippen LogP contribution in [0.2, 0.25) is 0 Å². The van der Waals surface area contributed by atoms with Gasteiger partial charge in [-0.2, -0.15) is 0 Å². The summed E-state index contributed by atoms with van der Waals surface area (Å²) in [4.78, 5) is 39.1. The van der Waals surface area contributed by atoms with E-state index < -0.39 is 23.5 Å². The Hall–Kier alpha value is -2.89. The molecule has 1 aromatic heterocycles. The number of methoxy groups -OCH3 is 1. The summed E-state index contributed by atoms with van der Waals surface area (Å²) in [6.07, 6.45) is 3.49. The van der Waals surface area contributed by atoms with Gasteiger partial charge >= 0.3 is 11.6 Å². The number of ether oxygens (including phenoxy) is 1. The van der Waals surface area contributed by atoms with E-state index in [-0.39, 0.29) is 5.56 Å². The molecule has 6 heteroatoms. The van der Waals surface area contributed by atoms with E-state index in [1.54, 1.807) is 13.0 Å². The standard InChI is InChI=1S/C22H25NO5/c1-15-14-17(12-11-16-8-4-3-5-9-16)28-22(26)19(15)20(24)23-13-7-6-10-18(23)21(25)27-2/h3-5,8-9,14,18H,6-7,10-13H2,1-2H3. The van der Waals surface area contributed by atoms with E-state index in [2.05, 4.69) is 0 Å². The maximum Gasteiger partial charge on any atom is 0.349 e. The molecule has 0 aliphatic carbocycles. The van der Waals surface area contributed by atoms with Crippen molar-refractivity contribution in [3.8, 4) is 0 Å². The molecule has 1 aliphatic rings. The van der Waals surface area contributed by atoms with Gasteiger partial charge in [-0.1, -0.05) is 30.3 Å². The molecule has 1 amide bonds. The summed E-state index contributed by atoms with van der Waals surface area (Å²) in [5, 5.41) is 0. The monoisotopic (exact) mass is 383 g/mol. The van der Waals surface area contributed by atoms with Crippen molar-refractivity contribution in [3.63, 3.8) is 0 Å². The Kier molecular flexibility index (Phi) is 6.29. The van der Waals surface area contributed by atoms with Crippen LogP contribution in [0.15, 0.2) is 45.6 Å². The van der Waals surface area contributed by atoms with Crippen molar-refractivity contribution in [2.24, 2.45) is 0 Å². The summed E-state index contributed by atoms with van der Waals surface area (Å²) in [5.74, 6) is -0.364. The smallest absolute Gasteiger partial charge is 0.349 e. The lowest BCUT2D eigenvalue weighted by atomic mass is 10.00. The largest absolute Gasteiger partial charge is 0.467 e. The number of rotatable bonds is 5. The second-order valence-electron chi connectivity index (χ2n) is 7.08. The summed E-state index contributed by atoms with van der Waals surface area (Å²) in [6.45, 7) is 2.15. The van der Waals surface area contributed by atoms with Gasteiger partial charge in [0, 0.05) is 13.0 Å². The Bertz CT molecular complexity index is 903. The number of hydrogen-bond donors (Lipinski definition) is 0. The quantitative estimate of drug-likeness (QED) is 0.742. The number of piperidine rings is 1. The van der Waals surface area contributed by atoms with E-state index in [0.717, 1.165) is 24.8 Å². The van der Waals surface area contributed by atoms with Crippen molar-refractivity contribution in [2.45, 2.75) is 45.1 Å². The molecule has 1 atom stereocenters. The van der Waals surface area contributed by atoms with Crippen LogP contribution < -0.4 is 5.63 Å². The molecule has 1 saturated heterocycles. The fourth-order valence-corrected chi connectivity index (χ4v) is 3.66. The molecule has 1 unspecified atom stereocenters. The van der Waals surface area contributed by atoms with Crippen molar-refractivity contribution in [3.05, 3.63) is 69.3 Å². The zero-order chi connectivity index (χ0) is 20.1. The number of likely N-dealkylation sites (tertiary alicyclic amines) is 1. The van der Waals surface area contributed by atoms with E-state index in [9.17, 15) is 14.4 Å². The molecule has 2 heterocycles. The Morgan fingerprint density at radius 3 is 2.61 bits per heavy atom. The molecule has 0 saturated carbocycles. The van der Waals surface area contributed by atoms with Crippen LogP contribution in [0.3, 0.4) is 0 Å². The number of esters is 1. The summed E-state index contributed by atoms with van der Waals surface area (Å²) in [5.41, 5.74) is 1.07. The average molecular weight is 383 g/mol. The Labute approximate surface area is 164 Å². The lowest BCUT2D eigenvalue weighted by Gasteiger charge is -2.33. The molecule has 148 valence electrons. The molecule has 1 aliphatic heterocycles. The van der Waals surface area contributed by atoms with Crippen LogP contribution >= 0.6 is 0 Å². The Morgan fingerprint density at radius 2 is 1.93 bits per heavy atom. The minimum atomic E-state index is -0.651. The maximum atomic E-state index is 13.0. The molecule has 6 nitrogen and oxygen atoms in total. The van der Waals surface area contributed by atoms with Gasteiger partial charge in [-0.15, -0.1) is 0 Å². The minimum absolute atomic E-state index is 0.000681. The van der Waals surface area contributed by atoms with Crippen molar-refractivity contribution in [2.75, 3.05) is 13.7 Å². The zero-order valence-electron chi connectivity index (χ0n) is 16.3. The highest BCUT2D eigenvalue weighted by Gasteiger charge is 2.35. The SMILES string of the molecule is COC(=O)C1CCCCN1C(=O)c1c(C)cc(CCc2ccccc2)oc1=O. The number of nitrogens with zero attached hydrogens (tertiary/aromatic N) is 1. The highest BCUT2D eigenvalue weighted by molar-refractivity contribution is 5.97. The Morgan fingerprint density at radius 1 is 1.18 bits per heavy atom. The van der Waals surface area contributed by atoms with Crippen LogP contribution in [0.1, 0.15) is 46.5 Å². The third-order valence-electron chi connectivity index (χ3n) is 5.15. The lowest BCUT2D eigenvalue weighted by Crippen LogP contribution is -2.49. The second-order valence-corrected chi connectivity index (χ2v) is 7.08. The molecule has 28 heavy (non-hydrogen) atoms. The topological polar surface area (TPSA) is 76.8 Å². The number of benzene rings is 1. The Balaban J connectivity index is 1.81. The maximum absolute atomic E-state index is 13.0. The third kappa shape index (κ3) is 4.32. The fraction of sp³-hybridized carbons (Fsp3) is 0.409. The summed E-state index contributed by atoms with van der Waals surface area (Å²) >= 11 is 0. The summed E-state index contributed by atoms with van der Waals surface area (Å²) < 4.78 is 10.3. The number of amides is 1. The van der Waals surface area contributed by atoms with Crippen LogP contribution in [0.25, 0.3) is 0 Å². The minimum Gasteiger partial charge on any atom is -0.467 e. The van der Waals surface area contributed by atoms with Crippen molar-refractivity contribution < 1.29 is 18.7 Å². The van der Waals surface area contributed by atoms with Gasteiger partial charge in [0.2, 0.25) is 0 Å². The summed E-state index contributed by atoms with van der Waals surface area (Å²) in [7, 11) is 1.31. The van der Waals surface area contributed by atoms with E-state index in [1.165, 1.54) is 12.0 Å². The number of carbonyl (C=O) groups excluding carboxylic acids is 2. The van der Waals surface area contributed by atoms with E-state index >= 15 is 0 Å². The molecule has 2 aromatic rings. The molecular formula is C22H25NO5. The molecule has 1 aromatic carbocycles. The van der Waals surface area contributed by atoms with Crippen molar-refractivity contribution >= 4 is 11.9 Å². The predicted molar refractivity (Wildman–Crippen MR) is 104 cm³/mol. The van der Waals surface area contributed by atoms with E-state index in [1.807, 2.05) is 30.3 Å². The first-order valence-electron chi connectivity index (χ1n) is 9.57. The van der Waals surface area contributed by atoms with Crippen LogP contribution in [-0.2, 0) is 22.4 Å². The van der Waals surface area contributed by atoms with Gasteiger partial charge in [-0.05, 0) is 49.8 Å².